The fourth-order valence-corrected chi connectivity index (χ4v) is 3.89. The zero-order chi connectivity index (χ0) is 16.9. The summed E-state index contributed by atoms with van der Waals surface area (Å²) in [6, 6.07) is 7.59. The maximum Gasteiger partial charge on any atom is 0.234 e. The highest BCUT2D eigenvalue weighted by atomic mass is 32.2. The van der Waals surface area contributed by atoms with Gasteiger partial charge in [0, 0.05) is 13.1 Å². The number of carbonyl (C=O) groups is 1. The van der Waals surface area contributed by atoms with E-state index in [-0.39, 0.29) is 30.0 Å². The number of methoxy groups -OCH3 is 1. The predicted octanol–water partition coefficient (Wildman–Crippen LogP) is 0.993. The maximum absolute atomic E-state index is 12.2. The molecule has 128 valence electrons. The molecule has 0 aliphatic carbocycles. The molecule has 23 heavy (non-hydrogen) atoms. The molecule has 1 aromatic carbocycles. The molecule has 7 heteroatoms. The van der Waals surface area contributed by atoms with Gasteiger partial charge in [-0.3, -0.25) is 9.69 Å². The number of benzene rings is 1. The number of hydrogen-bond donors (Lipinski definition) is 1. The van der Waals surface area contributed by atoms with E-state index in [1.807, 2.05) is 36.1 Å². The molecule has 1 heterocycles. The minimum absolute atomic E-state index is 0.0538. The second kappa shape index (κ2) is 7.79. The first-order valence-corrected chi connectivity index (χ1v) is 9.61. The smallest absolute Gasteiger partial charge is 0.234 e. The molecule has 1 atom stereocenters. The van der Waals surface area contributed by atoms with Crippen molar-refractivity contribution in [1.29, 1.82) is 0 Å². The standard InChI is InChI=1S/C16H24N2O4S/c1-3-15(13-4-6-14(22-2)7-5-13)17-16(19)12-18-8-10-23(20,21)11-9-18/h4-7,15H,3,8-12H2,1-2H3,(H,17,19). The Morgan fingerprint density at radius 3 is 2.39 bits per heavy atom. The lowest BCUT2D eigenvalue weighted by atomic mass is 10.0. The van der Waals surface area contributed by atoms with Crippen LogP contribution in [0.2, 0.25) is 0 Å². The summed E-state index contributed by atoms with van der Waals surface area (Å²) < 4.78 is 27.9. The van der Waals surface area contributed by atoms with E-state index < -0.39 is 9.84 Å². The van der Waals surface area contributed by atoms with Crippen molar-refractivity contribution in [2.45, 2.75) is 19.4 Å². The molecule has 1 saturated heterocycles. The van der Waals surface area contributed by atoms with Crippen molar-refractivity contribution in [3.8, 4) is 5.75 Å². The molecule has 1 aliphatic heterocycles. The minimum Gasteiger partial charge on any atom is -0.497 e. The number of ether oxygens (including phenoxy) is 1. The van der Waals surface area contributed by atoms with Crippen LogP contribution in [0.3, 0.4) is 0 Å². The van der Waals surface area contributed by atoms with Gasteiger partial charge in [-0.1, -0.05) is 19.1 Å². The van der Waals surface area contributed by atoms with Crippen molar-refractivity contribution in [3.05, 3.63) is 29.8 Å². The number of amides is 1. The van der Waals surface area contributed by atoms with Crippen LogP contribution in [0, 0.1) is 0 Å². The molecule has 0 saturated carbocycles. The van der Waals surface area contributed by atoms with Crippen molar-refractivity contribution in [3.63, 3.8) is 0 Å². The van der Waals surface area contributed by atoms with Gasteiger partial charge in [0.2, 0.25) is 5.91 Å². The number of sulfone groups is 1. The zero-order valence-corrected chi connectivity index (χ0v) is 14.4. The first-order chi connectivity index (χ1) is 10.9. The van der Waals surface area contributed by atoms with Gasteiger partial charge in [0.1, 0.15) is 5.75 Å². The van der Waals surface area contributed by atoms with Crippen LogP contribution in [0.25, 0.3) is 0 Å². The number of carbonyl (C=O) groups excluding carboxylic acids is 1. The number of nitrogens with one attached hydrogen (secondary N) is 1. The summed E-state index contributed by atoms with van der Waals surface area (Å²) in [5.41, 5.74) is 1.03. The maximum atomic E-state index is 12.2. The SMILES string of the molecule is CCC(NC(=O)CN1CCS(=O)(=O)CC1)c1ccc(OC)cc1. The molecular weight excluding hydrogens is 316 g/mol. The molecule has 0 spiro atoms. The Kier molecular flexibility index (Phi) is 6.01. The van der Waals surface area contributed by atoms with Gasteiger partial charge in [-0.2, -0.15) is 0 Å². The van der Waals surface area contributed by atoms with Crippen LogP contribution in [-0.2, 0) is 14.6 Å². The van der Waals surface area contributed by atoms with Crippen LogP contribution in [0.15, 0.2) is 24.3 Å². The van der Waals surface area contributed by atoms with E-state index in [1.54, 1.807) is 7.11 Å². The first-order valence-electron chi connectivity index (χ1n) is 7.79. The van der Waals surface area contributed by atoms with Gasteiger partial charge in [-0.25, -0.2) is 8.42 Å². The Hall–Kier alpha value is -1.60. The van der Waals surface area contributed by atoms with E-state index in [0.29, 0.717) is 13.1 Å². The van der Waals surface area contributed by atoms with Gasteiger partial charge < -0.3 is 10.1 Å². The Balaban J connectivity index is 1.89. The average molecular weight is 340 g/mol. The second-order valence-electron chi connectivity index (χ2n) is 5.73. The molecule has 0 bridgehead atoms. The second-order valence-corrected chi connectivity index (χ2v) is 8.03. The lowest BCUT2D eigenvalue weighted by Gasteiger charge is -2.27. The van der Waals surface area contributed by atoms with Crippen molar-refractivity contribution in [2.24, 2.45) is 0 Å². The van der Waals surface area contributed by atoms with E-state index in [4.69, 9.17) is 4.74 Å². The van der Waals surface area contributed by atoms with Crippen molar-refractivity contribution in [2.75, 3.05) is 38.2 Å². The molecule has 1 fully saturated rings. The van der Waals surface area contributed by atoms with Crippen LogP contribution in [0.4, 0.5) is 0 Å². The topological polar surface area (TPSA) is 75.7 Å². The van der Waals surface area contributed by atoms with E-state index in [1.165, 1.54) is 0 Å². The van der Waals surface area contributed by atoms with E-state index in [0.717, 1.165) is 17.7 Å². The van der Waals surface area contributed by atoms with Gasteiger partial charge in [-0.15, -0.1) is 0 Å². The van der Waals surface area contributed by atoms with E-state index in [9.17, 15) is 13.2 Å². The molecular formula is C16H24N2O4S. The highest BCUT2D eigenvalue weighted by Crippen LogP contribution is 2.20. The Labute approximate surface area is 137 Å². The summed E-state index contributed by atoms with van der Waals surface area (Å²) >= 11 is 0. The van der Waals surface area contributed by atoms with Gasteiger partial charge in [0.15, 0.2) is 9.84 Å². The fraction of sp³-hybridized carbons (Fsp3) is 0.562. The van der Waals surface area contributed by atoms with Crippen molar-refractivity contribution >= 4 is 15.7 Å². The number of hydrogen-bond acceptors (Lipinski definition) is 5. The van der Waals surface area contributed by atoms with E-state index >= 15 is 0 Å². The minimum atomic E-state index is -2.91. The van der Waals surface area contributed by atoms with Gasteiger partial charge >= 0.3 is 0 Å². The predicted molar refractivity (Wildman–Crippen MR) is 89.3 cm³/mol. The Morgan fingerprint density at radius 2 is 1.87 bits per heavy atom. The normalized spacial score (nSPS) is 19.0. The molecule has 1 aromatic rings. The third-order valence-corrected chi connectivity index (χ3v) is 5.68. The van der Waals surface area contributed by atoms with Gasteiger partial charge in [0.05, 0.1) is 31.2 Å². The highest BCUT2D eigenvalue weighted by molar-refractivity contribution is 7.91. The Morgan fingerprint density at radius 1 is 1.26 bits per heavy atom. The third-order valence-electron chi connectivity index (χ3n) is 4.07. The first kappa shape index (κ1) is 17.7. The molecule has 1 N–H and O–H groups in total. The summed E-state index contributed by atoms with van der Waals surface area (Å²) in [5.74, 6) is 0.975. The molecule has 0 radical (unpaired) electrons. The third kappa shape index (κ3) is 5.21. The van der Waals surface area contributed by atoms with Crippen LogP contribution in [0.5, 0.6) is 5.75 Å². The number of rotatable bonds is 6. The summed E-state index contributed by atoms with van der Waals surface area (Å²) in [4.78, 5) is 14.1. The average Bonchev–Trinajstić information content (AvgIpc) is 2.55. The summed E-state index contributed by atoms with van der Waals surface area (Å²) in [5, 5.41) is 3.02. The summed E-state index contributed by atoms with van der Waals surface area (Å²) in [6.07, 6.45) is 0.784. The van der Waals surface area contributed by atoms with Crippen molar-refractivity contribution in [1.82, 2.24) is 10.2 Å². The lowest BCUT2D eigenvalue weighted by molar-refractivity contribution is -0.123. The van der Waals surface area contributed by atoms with Crippen LogP contribution in [-0.4, -0.2) is 57.5 Å². The summed E-state index contributed by atoms with van der Waals surface area (Å²) in [6.45, 7) is 3.11. The largest absolute Gasteiger partial charge is 0.497 e. The monoisotopic (exact) mass is 340 g/mol. The van der Waals surface area contributed by atoms with Crippen molar-refractivity contribution < 1.29 is 17.9 Å². The van der Waals surface area contributed by atoms with E-state index in [2.05, 4.69) is 5.32 Å². The zero-order valence-electron chi connectivity index (χ0n) is 13.6. The van der Waals surface area contributed by atoms with Gasteiger partial charge in [0.25, 0.3) is 0 Å². The lowest BCUT2D eigenvalue weighted by Crippen LogP contribution is -2.45. The van der Waals surface area contributed by atoms with Crippen LogP contribution >= 0.6 is 0 Å². The molecule has 0 aromatic heterocycles. The molecule has 1 aliphatic rings. The quantitative estimate of drug-likeness (QED) is 0.836. The molecule has 6 nitrogen and oxygen atoms in total. The number of nitrogens with zero attached hydrogens (tertiary/aromatic N) is 1. The van der Waals surface area contributed by atoms with Crippen LogP contribution < -0.4 is 10.1 Å². The molecule has 1 amide bonds. The summed E-state index contributed by atoms with van der Waals surface area (Å²) in [7, 11) is -1.30. The molecule has 1 unspecified atom stereocenters. The molecule has 2 rings (SSSR count). The highest BCUT2D eigenvalue weighted by Gasteiger charge is 2.23. The van der Waals surface area contributed by atoms with Crippen LogP contribution in [0.1, 0.15) is 24.9 Å². The van der Waals surface area contributed by atoms with Gasteiger partial charge in [-0.05, 0) is 24.1 Å². The Bertz CT molecular complexity index is 614. The fourth-order valence-electron chi connectivity index (χ4n) is 2.61.